The maximum Gasteiger partial charge on any atom is 0.254 e. The summed E-state index contributed by atoms with van der Waals surface area (Å²) < 4.78 is 5.72. The minimum atomic E-state index is 0.0115. The van der Waals surface area contributed by atoms with E-state index in [1.807, 2.05) is 56.4 Å². The van der Waals surface area contributed by atoms with Gasteiger partial charge in [0, 0.05) is 19.0 Å². The smallest absolute Gasteiger partial charge is 0.254 e. The van der Waals surface area contributed by atoms with Gasteiger partial charge in [0.05, 0.1) is 11.1 Å². The van der Waals surface area contributed by atoms with Crippen LogP contribution in [0.2, 0.25) is 0 Å². The first-order valence-corrected chi connectivity index (χ1v) is 8.97. The third-order valence-corrected chi connectivity index (χ3v) is 4.48. The standard InChI is InChI=1S/C22H26N2O2/c1-15-10-11-20(26-15)19-14-17(16-8-6-7-9-18(16)23-19)21(25)24(5)13-12-22(2,3)4/h6-11,14H,12-13H2,1-5H3. The molecule has 0 spiro atoms. The van der Waals surface area contributed by atoms with E-state index in [4.69, 9.17) is 4.42 Å². The van der Waals surface area contributed by atoms with Gasteiger partial charge >= 0.3 is 0 Å². The number of amides is 1. The van der Waals surface area contributed by atoms with Gasteiger partial charge in [-0.1, -0.05) is 39.0 Å². The van der Waals surface area contributed by atoms with Crippen LogP contribution in [0.5, 0.6) is 0 Å². The van der Waals surface area contributed by atoms with Crippen molar-refractivity contribution in [1.29, 1.82) is 0 Å². The van der Waals surface area contributed by atoms with Crippen molar-refractivity contribution in [3.63, 3.8) is 0 Å². The van der Waals surface area contributed by atoms with Crippen LogP contribution in [0.4, 0.5) is 0 Å². The van der Waals surface area contributed by atoms with E-state index >= 15 is 0 Å². The maximum atomic E-state index is 13.1. The zero-order valence-electron chi connectivity index (χ0n) is 16.2. The molecule has 2 aromatic heterocycles. The van der Waals surface area contributed by atoms with Crippen molar-refractivity contribution in [2.75, 3.05) is 13.6 Å². The monoisotopic (exact) mass is 350 g/mol. The normalized spacial score (nSPS) is 11.7. The summed E-state index contributed by atoms with van der Waals surface area (Å²) in [4.78, 5) is 19.6. The lowest BCUT2D eigenvalue weighted by Gasteiger charge is -2.24. The molecule has 0 atom stereocenters. The lowest BCUT2D eigenvalue weighted by molar-refractivity contribution is 0.0782. The largest absolute Gasteiger partial charge is 0.460 e. The number of aryl methyl sites for hydroxylation is 1. The summed E-state index contributed by atoms with van der Waals surface area (Å²) >= 11 is 0. The average Bonchev–Trinajstić information content (AvgIpc) is 3.04. The van der Waals surface area contributed by atoms with Crippen molar-refractivity contribution >= 4 is 16.8 Å². The van der Waals surface area contributed by atoms with Crippen molar-refractivity contribution in [1.82, 2.24) is 9.88 Å². The Morgan fingerprint density at radius 3 is 2.54 bits per heavy atom. The number of rotatable bonds is 4. The van der Waals surface area contributed by atoms with Crippen LogP contribution in [0, 0.1) is 12.3 Å². The van der Waals surface area contributed by atoms with Crippen molar-refractivity contribution in [3.05, 3.63) is 53.8 Å². The summed E-state index contributed by atoms with van der Waals surface area (Å²) in [7, 11) is 1.86. The number of carbonyl (C=O) groups is 1. The Bertz CT molecular complexity index is 935. The Hall–Kier alpha value is -2.62. The highest BCUT2D eigenvalue weighted by Gasteiger charge is 2.20. The fourth-order valence-electron chi connectivity index (χ4n) is 2.86. The van der Waals surface area contributed by atoms with Gasteiger partial charge in [0.1, 0.15) is 11.5 Å². The third-order valence-electron chi connectivity index (χ3n) is 4.48. The third kappa shape index (κ3) is 3.96. The van der Waals surface area contributed by atoms with Gasteiger partial charge in [-0.3, -0.25) is 4.79 Å². The van der Waals surface area contributed by atoms with E-state index in [9.17, 15) is 4.79 Å². The molecule has 0 unspecified atom stereocenters. The summed E-state index contributed by atoms with van der Waals surface area (Å²) in [5.41, 5.74) is 2.33. The van der Waals surface area contributed by atoms with Crippen LogP contribution >= 0.6 is 0 Å². The lowest BCUT2D eigenvalue weighted by atomic mass is 9.92. The minimum absolute atomic E-state index is 0.0115. The minimum Gasteiger partial charge on any atom is -0.460 e. The molecule has 4 heteroatoms. The number of aromatic nitrogens is 1. The topological polar surface area (TPSA) is 46.3 Å². The van der Waals surface area contributed by atoms with E-state index in [1.165, 1.54) is 0 Å². The van der Waals surface area contributed by atoms with Gasteiger partial charge in [0.2, 0.25) is 0 Å². The van der Waals surface area contributed by atoms with Crippen molar-refractivity contribution in [3.8, 4) is 11.5 Å². The number of nitrogens with zero attached hydrogens (tertiary/aromatic N) is 2. The Morgan fingerprint density at radius 1 is 1.15 bits per heavy atom. The van der Waals surface area contributed by atoms with Crippen LogP contribution in [0.25, 0.3) is 22.4 Å². The Balaban J connectivity index is 2.02. The van der Waals surface area contributed by atoms with Gasteiger partial charge in [0.25, 0.3) is 5.91 Å². The summed E-state index contributed by atoms with van der Waals surface area (Å²) in [5, 5.41) is 0.868. The maximum absolute atomic E-state index is 13.1. The fourth-order valence-corrected chi connectivity index (χ4v) is 2.86. The van der Waals surface area contributed by atoms with Crippen LogP contribution in [-0.2, 0) is 0 Å². The van der Waals surface area contributed by atoms with Crippen LogP contribution in [0.15, 0.2) is 46.9 Å². The van der Waals surface area contributed by atoms with E-state index in [1.54, 1.807) is 4.90 Å². The molecule has 0 saturated heterocycles. The molecule has 0 N–H and O–H groups in total. The summed E-state index contributed by atoms with van der Waals surface area (Å²) in [6, 6.07) is 13.4. The molecule has 26 heavy (non-hydrogen) atoms. The average molecular weight is 350 g/mol. The number of furan rings is 1. The molecule has 0 aliphatic carbocycles. The molecule has 0 radical (unpaired) electrons. The predicted molar refractivity (Wildman–Crippen MR) is 105 cm³/mol. The number of pyridine rings is 1. The van der Waals surface area contributed by atoms with E-state index in [2.05, 4.69) is 25.8 Å². The molecule has 3 rings (SSSR count). The van der Waals surface area contributed by atoms with Crippen LogP contribution in [0.3, 0.4) is 0 Å². The Labute approximate surface area is 154 Å². The van der Waals surface area contributed by atoms with Crippen LogP contribution in [-0.4, -0.2) is 29.4 Å². The summed E-state index contributed by atoms with van der Waals surface area (Å²) in [6.45, 7) is 9.17. The van der Waals surface area contributed by atoms with E-state index < -0.39 is 0 Å². The van der Waals surface area contributed by atoms with E-state index in [-0.39, 0.29) is 11.3 Å². The quantitative estimate of drug-likeness (QED) is 0.640. The van der Waals surface area contributed by atoms with Gasteiger partial charge in [-0.15, -0.1) is 0 Å². The number of benzene rings is 1. The van der Waals surface area contributed by atoms with Crippen molar-refractivity contribution in [2.24, 2.45) is 5.41 Å². The van der Waals surface area contributed by atoms with Gasteiger partial charge < -0.3 is 9.32 Å². The highest BCUT2D eigenvalue weighted by Crippen LogP contribution is 2.27. The number of carbonyl (C=O) groups excluding carboxylic acids is 1. The second-order valence-electron chi connectivity index (χ2n) is 8.02. The van der Waals surface area contributed by atoms with Gasteiger partial charge in [0.15, 0.2) is 5.76 Å². The molecular weight excluding hydrogens is 324 g/mol. The van der Waals surface area contributed by atoms with E-state index in [0.717, 1.165) is 23.1 Å². The molecule has 136 valence electrons. The molecule has 0 saturated carbocycles. The predicted octanol–water partition coefficient (Wildman–Crippen LogP) is 5.31. The van der Waals surface area contributed by atoms with Crippen molar-refractivity contribution in [2.45, 2.75) is 34.1 Å². The number of para-hydroxylation sites is 1. The molecule has 4 nitrogen and oxygen atoms in total. The van der Waals surface area contributed by atoms with Crippen LogP contribution in [0.1, 0.15) is 43.3 Å². The van der Waals surface area contributed by atoms with Crippen LogP contribution < -0.4 is 0 Å². The first kappa shape index (κ1) is 18.2. The van der Waals surface area contributed by atoms with Crippen molar-refractivity contribution < 1.29 is 9.21 Å². The molecule has 2 heterocycles. The zero-order chi connectivity index (χ0) is 18.9. The molecule has 1 aromatic carbocycles. The lowest BCUT2D eigenvalue weighted by Crippen LogP contribution is -2.30. The molecular formula is C22H26N2O2. The summed E-state index contributed by atoms with van der Waals surface area (Å²) in [5.74, 6) is 1.52. The highest BCUT2D eigenvalue weighted by molar-refractivity contribution is 6.07. The highest BCUT2D eigenvalue weighted by atomic mass is 16.3. The van der Waals surface area contributed by atoms with E-state index in [0.29, 0.717) is 23.6 Å². The second kappa shape index (κ2) is 6.94. The van der Waals surface area contributed by atoms with Gasteiger partial charge in [-0.05, 0) is 43.0 Å². The molecule has 0 aliphatic rings. The molecule has 0 fully saturated rings. The second-order valence-corrected chi connectivity index (χ2v) is 8.02. The number of hydrogen-bond acceptors (Lipinski definition) is 3. The van der Waals surface area contributed by atoms with Gasteiger partial charge in [-0.2, -0.15) is 0 Å². The molecule has 0 bridgehead atoms. The Morgan fingerprint density at radius 2 is 1.88 bits per heavy atom. The first-order chi connectivity index (χ1) is 12.2. The zero-order valence-corrected chi connectivity index (χ0v) is 16.2. The molecule has 3 aromatic rings. The molecule has 0 aliphatic heterocycles. The fraction of sp³-hybridized carbons (Fsp3) is 0.364. The SMILES string of the molecule is Cc1ccc(-c2cc(C(=O)N(C)CCC(C)(C)C)c3ccccc3n2)o1. The Kier molecular flexibility index (Phi) is 4.86. The number of hydrogen-bond donors (Lipinski definition) is 0. The number of fused-ring (bicyclic) bond motifs is 1. The van der Waals surface area contributed by atoms with Gasteiger partial charge in [-0.25, -0.2) is 4.98 Å². The summed E-state index contributed by atoms with van der Waals surface area (Å²) in [6.07, 6.45) is 0.947. The first-order valence-electron chi connectivity index (χ1n) is 8.97. The molecule has 1 amide bonds.